The molecule has 2 rings (SSSR count). The topological polar surface area (TPSA) is 29.1 Å². The summed E-state index contributed by atoms with van der Waals surface area (Å²) in [5, 5.41) is 2.68. The Hall–Kier alpha value is -1.81. The number of thiol groups is 1. The van der Waals surface area contributed by atoms with Crippen LogP contribution in [0.5, 0.6) is 0 Å². The summed E-state index contributed by atoms with van der Waals surface area (Å²) >= 11 is 4.18. The number of halogens is 1. The molecule has 0 saturated carbocycles. The highest BCUT2D eigenvalue weighted by Crippen LogP contribution is 2.14. The Balaban J connectivity index is 2.01. The van der Waals surface area contributed by atoms with Crippen molar-refractivity contribution >= 4 is 24.2 Å². The number of amides is 1. The minimum Gasteiger partial charge on any atom is -0.326 e. The summed E-state index contributed by atoms with van der Waals surface area (Å²) in [6, 6.07) is 12.0. The molecule has 0 fully saturated rings. The Labute approximate surface area is 117 Å². The highest BCUT2D eigenvalue weighted by molar-refractivity contribution is 7.80. The number of rotatable bonds is 3. The van der Waals surface area contributed by atoms with Crippen molar-refractivity contribution in [3.8, 4) is 0 Å². The normalized spacial score (nSPS) is 10.3. The monoisotopic (exact) mass is 275 g/mol. The van der Waals surface area contributed by atoms with Crippen LogP contribution in [0.25, 0.3) is 0 Å². The number of hydrogen-bond donors (Lipinski definition) is 2. The summed E-state index contributed by atoms with van der Waals surface area (Å²) in [6.45, 7) is 1.68. The number of hydrogen-bond acceptors (Lipinski definition) is 2. The van der Waals surface area contributed by atoms with E-state index in [-0.39, 0.29) is 18.1 Å². The van der Waals surface area contributed by atoms with E-state index in [1.54, 1.807) is 19.1 Å². The maximum atomic E-state index is 13.3. The molecule has 0 heterocycles. The van der Waals surface area contributed by atoms with Crippen LogP contribution in [-0.2, 0) is 11.2 Å². The minimum absolute atomic E-state index is 0.171. The summed E-state index contributed by atoms with van der Waals surface area (Å²) in [6.07, 6.45) is 0.254. The van der Waals surface area contributed by atoms with Gasteiger partial charge in [0.15, 0.2) is 0 Å². The SMILES string of the molecule is Cc1ccc(NC(=O)Cc2ccc(S)cc2)cc1F. The maximum absolute atomic E-state index is 13.3. The van der Waals surface area contributed by atoms with Crippen LogP contribution in [0.2, 0.25) is 0 Å². The minimum atomic E-state index is -0.322. The van der Waals surface area contributed by atoms with Crippen molar-refractivity contribution in [3.63, 3.8) is 0 Å². The highest BCUT2D eigenvalue weighted by atomic mass is 32.1. The summed E-state index contributed by atoms with van der Waals surface area (Å²) in [5.41, 5.74) is 1.92. The van der Waals surface area contributed by atoms with Gasteiger partial charge in [-0.3, -0.25) is 4.79 Å². The van der Waals surface area contributed by atoms with E-state index >= 15 is 0 Å². The van der Waals surface area contributed by atoms with Crippen LogP contribution in [0.1, 0.15) is 11.1 Å². The lowest BCUT2D eigenvalue weighted by Crippen LogP contribution is -2.14. The van der Waals surface area contributed by atoms with Gasteiger partial charge < -0.3 is 5.32 Å². The van der Waals surface area contributed by atoms with E-state index in [1.165, 1.54) is 6.07 Å². The van der Waals surface area contributed by atoms with Gasteiger partial charge in [-0.2, -0.15) is 0 Å². The lowest BCUT2D eigenvalue weighted by atomic mass is 10.1. The van der Waals surface area contributed by atoms with Crippen molar-refractivity contribution in [3.05, 3.63) is 59.4 Å². The molecule has 0 saturated heterocycles. The number of anilines is 1. The Morgan fingerprint density at radius 3 is 2.53 bits per heavy atom. The predicted molar refractivity (Wildman–Crippen MR) is 77.2 cm³/mol. The van der Waals surface area contributed by atoms with Gasteiger partial charge in [-0.05, 0) is 42.3 Å². The molecule has 1 N–H and O–H groups in total. The Kier molecular flexibility index (Phi) is 4.22. The Morgan fingerprint density at radius 1 is 1.21 bits per heavy atom. The third-order valence-electron chi connectivity index (χ3n) is 2.76. The Morgan fingerprint density at radius 2 is 1.89 bits per heavy atom. The van der Waals surface area contributed by atoms with Gasteiger partial charge in [-0.1, -0.05) is 18.2 Å². The van der Waals surface area contributed by atoms with E-state index in [2.05, 4.69) is 17.9 Å². The summed E-state index contributed by atoms with van der Waals surface area (Å²) in [7, 11) is 0. The van der Waals surface area contributed by atoms with Gasteiger partial charge in [0.1, 0.15) is 5.82 Å². The number of carbonyl (C=O) groups is 1. The van der Waals surface area contributed by atoms with Crippen LogP contribution in [0.15, 0.2) is 47.4 Å². The van der Waals surface area contributed by atoms with Crippen molar-refractivity contribution in [1.29, 1.82) is 0 Å². The summed E-state index contributed by atoms with van der Waals surface area (Å²) in [4.78, 5) is 12.7. The fourth-order valence-corrected chi connectivity index (χ4v) is 1.82. The molecule has 4 heteroatoms. The molecule has 0 aromatic heterocycles. The third kappa shape index (κ3) is 3.83. The number of nitrogens with one attached hydrogen (secondary N) is 1. The molecule has 0 atom stereocenters. The van der Waals surface area contributed by atoms with Gasteiger partial charge in [0.2, 0.25) is 5.91 Å². The second-order valence-corrected chi connectivity index (χ2v) is 4.87. The molecule has 0 aliphatic heterocycles. The van der Waals surface area contributed by atoms with E-state index in [0.29, 0.717) is 11.3 Å². The quantitative estimate of drug-likeness (QED) is 0.823. The van der Waals surface area contributed by atoms with E-state index in [0.717, 1.165) is 10.5 Å². The predicted octanol–water partition coefficient (Wildman–Crippen LogP) is 3.60. The highest BCUT2D eigenvalue weighted by Gasteiger charge is 2.05. The molecular formula is C15H14FNOS. The van der Waals surface area contributed by atoms with Crippen molar-refractivity contribution in [2.75, 3.05) is 5.32 Å². The first-order chi connectivity index (χ1) is 9.04. The number of benzene rings is 2. The molecule has 0 aliphatic carbocycles. The summed E-state index contributed by atoms with van der Waals surface area (Å²) in [5.74, 6) is -0.493. The molecule has 2 aromatic carbocycles. The van der Waals surface area contributed by atoms with Crippen molar-refractivity contribution in [2.45, 2.75) is 18.2 Å². The fourth-order valence-electron chi connectivity index (χ4n) is 1.67. The van der Waals surface area contributed by atoms with Gasteiger partial charge in [-0.25, -0.2) is 4.39 Å². The molecule has 0 unspecified atom stereocenters. The van der Waals surface area contributed by atoms with Crippen molar-refractivity contribution in [1.82, 2.24) is 0 Å². The zero-order chi connectivity index (χ0) is 13.8. The second kappa shape index (κ2) is 5.89. The van der Waals surface area contributed by atoms with Crippen LogP contribution in [0, 0.1) is 12.7 Å². The average Bonchev–Trinajstić information content (AvgIpc) is 2.37. The van der Waals surface area contributed by atoms with Gasteiger partial charge in [0.05, 0.1) is 6.42 Å². The smallest absolute Gasteiger partial charge is 0.228 e. The zero-order valence-electron chi connectivity index (χ0n) is 10.5. The average molecular weight is 275 g/mol. The van der Waals surface area contributed by atoms with Gasteiger partial charge in [-0.15, -0.1) is 12.6 Å². The van der Waals surface area contributed by atoms with Crippen molar-refractivity contribution < 1.29 is 9.18 Å². The van der Waals surface area contributed by atoms with Gasteiger partial charge in [0, 0.05) is 10.6 Å². The van der Waals surface area contributed by atoms with Crippen LogP contribution in [0.3, 0.4) is 0 Å². The molecule has 19 heavy (non-hydrogen) atoms. The van der Waals surface area contributed by atoms with E-state index < -0.39 is 0 Å². The molecule has 98 valence electrons. The summed E-state index contributed by atoms with van der Waals surface area (Å²) < 4.78 is 13.3. The largest absolute Gasteiger partial charge is 0.326 e. The molecule has 2 nitrogen and oxygen atoms in total. The van der Waals surface area contributed by atoms with E-state index in [4.69, 9.17) is 0 Å². The second-order valence-electron chi connectivity index (χ2n) is 4.36. The number of carbonyl (C=O) groups excluding carboxylic acids is 1. The van der Waals surface area contributed by atoms with Crippen LogP contribution < -0.4 is 5.32 Å². The Bertz CT molecular complexity index is 596. The van der Waals surface area contributed by atoms with E-state index in [1.807, 2.05) is 24.3 Å². The number of aryl methyl sites for hydroxylation is 1. The first-order valence-electron chi connectivity index (χ1n) is 5.88. The van der Waals surface area contributed by atoms with Crippen molar-refractivity contribution in [2.24, 2.45) is 0 Å². The van der Waals surface area contributed by atoms with Gasteiger partial charge in [0.25, 0.3) is 0 Å². The van der Waals surface area contributed by atoms with Crippen LogP contribution in [0.4, 0.5) is 10.1 Å². The first-order valence-corrected chi connectivity index (χ1v) is 6.33. The molecule has 0 aliphatic rings. The van der Waals surface area contributed by atoms with Crippen LogP contribution >= 0.6 is 12.6 Å². The molecule has 1 amide bonds. The standard InChI is InChI=1S/C15H14FNOS/c1-10-2-5-12(9-14(10)16)17-15(18)8-11-3-6-13(19)7-4-11/h2-7,9,19H,8H2,1H3,(H,17,18). The first kappa shape index (κ1) is 13.6. The maximum Gasteiger partial charge on any atom is 0.228 e. The van der Waals surface area contributed by atoms with E-state index in [9.17, 15) is 9.18 Å². The van der Waals surface area contributed by atoms with Gasteiger partial charge >= 0.3 is 0 Å². The fraction of sp³-hybridized carbons (Fsp3) is 0.133. The molecular weight excluding hydrogens is 261 g/mol. The molecule has 0 bridgehead atoms. The van der Waals surface area contributed by atoms with Crippen LogP contribution in [-0.4, -0.2) is 5.91 Å². The molecule has 0 spiro atoms. The lowest BCUT2D eigenvalue weighted by molar-refractivity contribution is -0.115. The third-order valence-corrected chi connectivity index (χ3v) is 3.05. The molecule has 0 radical (unpaired) electrons. The lowest BCUT2D eigenvalue weighted by Gasteiger charge is -2.06. The zero-order valence-corrected chi connectivity index (χ0v) is 11.4. The molecule has 2 aromatic rings.